The van der Waals surface area contributed by atoms with Gasteiger partial charge in [0.1, 0.15) is 7.05 Å². The molecular weight excluding hydrogens is 544 g/mol. The van der Waals surface area contributed by atoms with E-state index < -0.39 is 0 Å². The molecule has 0 bridgehead atoms. The van der Waals surface area contributed by atoms with Crippen LogP contribution in [0.15, 0.2) is 134 Å². The van der Waals surface area contributed by atoms with Gasteiger partial charge in [-0.15, -0.1) is 0 Å². The number of aryl methyl sites for hydroxylation is 1. The van der Waals surface area contributed by atoms with E-state index in [9.17, 15) is 0 Å². The molecule has 7 aromatic rings. The molecule has 0 fully saturated rings. The van der Waals surface area contributed by atoms with Gasteiger partial charge in [-0.1, -0.05) is 74.5 Å². The number of hydrogen-bond donors (Lipinski definition) is 0. The smallest absolute Gasteiger partial charge is 0.201 e. The Balaban J connectivity index is 1.30. The minimum absolute atomic E-state index is 0.126. The van der Waals surface area contributed by atoms with Gasteiger partial charge < -0.3 is 0 Å². The SMILES string of the molecule is C[n+]1ccccc1-c1cc2c(cc1/C=C1/Cc3cc4ccccc4cc3-c3cccc[n+]31)C(C)(C)c1c-2ccc2ccccc12. The molecule has 1 aliphatic heterocycles. The molecule has 0 spiro atoms. The van der Waals surface area contributed by atoms with Gasteiger partial charge in [0.05, 0.1) is 17.5 Å². The number of fused-ring (bicyclic) bond motifs is 9. The van der Waals surface area contributed by atoms with Crippen molar-refractivity contribution in [2.45, 2.75) is 25.7 Å². The van der Waals surface area contributed by atoms with Crippen LogP contribution in [0.5, 0.6) is 0 Å². The Hall–Kier alpha value is -5.34. The molecule has 2 aromatic heterocycles. The lowest BCUT2D eigenvalue weighted by atomic mass is 9.79. The lowest BCUT2D eigenvalue weighted by Crippen LogP contribution is -2.38. The largest absolute Gasteiger partial charge is 0.218 e. The van der Waals surface area contributed by atoms with Gasteiger partial charge in [0.2, 0.25) is 11.4 Å². The lowest BCUT2D eigenvalue weighted by Gasteiger charge is -2.24. The molecule has 0 saturated carbocycles. The summed E-state index contributed by atoms with van der Waals surface area (Å²) in [6, 6.07) is 44.9. The second-order valence-corrected chi connectivity index (χ2v) is 13.1. The van der Waals surface area contributed by atoms with Crippen molar-refractivity contribution in [3.63, 3.8) is 0 Å². The van der Waals surface area contributed by atoms with E-state index in [1.54, 1.807) is 0 Å². The molecule has 1 aliphatic carbocycles. The van der Waals surface area contributed by atoms with Gasteiger partial charge >= 0.3 is 0 Å². The predicted molar refractivity (Wildman–Crippen MR) is 186 cm³/mol. The first-order chi connectivity index (χ1) is 22.0. The summed E-state index contributed by atoms with van der Waals surface area (Å²) in [7, 11) is 2.15. The summed E-state index contributed by atoms with van der Waals surface area (Å²) in [4.78, 5) is 0. The van der Waals surface area contributed by atoms with E-state index in [0.717, 1.165) is 6.42 Å². The van der Waals surface area contributed by atoms with Gasteiger partial charge in [0.25, 0.3) is 0 Å². The van der Waals surface area contributed by atoms with Crippen LogP contribution in [0.4, 0.5) is 0 Å². The van der Waals surface area contributed by atoms with Crippen molar-refractivity contribution >= 4 is 33.3 Å². The first-order valence-corrected chi connectivity index (χ1v) is 15.9. The van der Waals surface area contributed by atoms with Crippen molar-refractivity contribution in [2.24, 2.45) is 7.05 Å². The molecule has 2 aliphatic rings. The Morgan fingerprint density at radius 2 is 1.31 bits per heavy atom. The van der Waals surface area contributed by atoms with E-state index in [4.69, 9.17) is 0 Å². The highest BCUT2D eigenvalue weighted by atomic mass is 15.0. The summed E-state index contributed by atoms with van der Waals surface area (Å²) in [6.45, 7) is 4.80. The number of pyridine rings is 2. The fourth-order valence-corrected chi connectivity index (χ4v) is 7.97. The Labute approximate surface area is 264 Å². The molecule has 0 N–H and O–H groups in total. The normalized spacial score (nSPS) is 15.1. The molecule has 9 rings (SSSR count). The fourth-order valence-electron chi connectivity index (χ4n) is 7.97. The summed E-state index contributed by atoms with van der Waals surface area (Å²) in [5.74, 6) is 0. The molecule has 0 radical (unpaired) electrons. The number of benzene rings is 5. The number of allylic oxidation sites excluding steroid dienone is 1. The minimum Gasteiger partial charge on any atom is -0.201 e. The van der Waals surface area contributed by atoms with Crippen LogP contribution in [0.2, 0.25) is 0 Å². The van der Waals surface area contributed by atoms with E-state index in [2.05, 4.69) is 170 Å². The van der Waals surface area contributed by atoms with Gasteiger partial charge in [0.15, 0.2) is 18.1 Å². The summed E-state index contributed by atoms with van der Waals surface area (Å²) < 4.78 is 4.64. The predicted octanol–water partition coefficient (Wildman–Crippen LogP) is 9.30. The number of nitrogens with zero attached hydrogens (tertiary/aromatic N) is 2. The van der Waals surface area contributed by atoms with Crippen molar-refractivity contribution < 1.29 is 9.13 Å². The second kappa shape index (κ2) is 9.58. The van der Waals surface area contributed by atoms with E-state index in [-0.39, 0.29) is 5.41 Å². The first-order valence-electron chi connectivity index (χ1n) is 15.9. The van der Waals surface area contributed by atoms with Gasteiger partial charge in [0, 0.05) is 35.8 Å². The minimum atomic E-state index is -0.126. The zero-order chi connectivity index (χ0) is 30.3. The molecule has 3 heterocycles. The Kier molecular flexibility index (Phi) is 5.55. The van der Waals surface area contributed by atoms with Gasteiger partial charge in [-0.2, -0.15) is 4.57 Å². The topological polar surface area (TPSA) is 7.76 Å². The average molecular weight is 579 g/mol. The highest BCUT2D eigenvalue weighted by Gasteiger charge is 2.38. The van der Waals surface area contributed by atoms with Crippen molar-refractivity contribution in [3.8, 4) is 33.6 Å². The number of rotatable bonds is 2. The fraction of sp³-hybridized carbons (Fsp3) is 0.116. The van der Waals surface area contributed by atoms with Crippen LogP contribution in [0.3, 0.4) is 0 Å². The van der Waals surface area contributed by atoms with E-state index in [1.807, 2.05) is 0 Å². The second-order valence-electron chi connectivity index (χ2n) is 13.1. The van der Waals surface area contributed by atoms with Crippen LogP contribution in [0.1, 0.15) is 36.1 Å². The van der Waals surface area contributed by atoms with Crippen LogP contribution in [-0.4, -0.2) is 0 Å². The molecule has 0 atom stereocenters. The Bertz CT molecular complexity index is 2390. The highest BCUT2D eigenvalue weighted by molar-refractivity contribution is 5.99. The molecule has 0 unspecified atom stereocenters. The van der Waals surface area contributed by atoms with Crippen LogP contribution in [-0.2, 0) is 18.9 Å². The zero-order valence-electron chi connectivity index (χ0n) is 25.9. The van der Waals surface area contributed by atoms with Crippen molar-refractivity contribution in [1.29, 1.82) is 0 Å². The van der Waals surface area contributed by atoms with E-state index in [0.29, 0.717) is 0 Å². The maximum atomic E-state index is 2.48. The summed E-state index contributed by atoms with van der Waals surface area (Å²) in [6.07, 6.45) is 7.69. The van der Waals surface area contributed by atoms with Crippen molar-refractivity contribution in [2.75, 3.05) is 0 Å². The third-order valence-electron chi connectivity index (χ3n) is 10.1. The van der Waals surface area contributed by atoms with E-state index in [1.165, 1.54) is 83.1 Å². The Morgan fingerprint density at radius 3 is 2.13 bits per heavy atom. The number of aromatic nitrogens is 2. The monoisotopic (exact) mass is 578 g/mol. The molecule has 0 amide bonds. The van der Waals surface area contributed by atoms with Crippen LogP contribution in [0, 0.1) is 0 Å². The summed E-state index contributed by atoms with van der Waals surface area (Å²) in [5, 5.41) is 5.23. The molecule has 45 heavy (non-hydrogen) atoms. The van der Waals surface area contributed by atoms with Crippen molar-refractivity contribution in [3.05, 3.63) is 156 Å². The molecule has 214 valence electrons. The third kappa shape index (κ3) is 3.88. The summed E-state index contributed by atoms with van der Waals surface area (Å²) in [5.41, 5.74) is 14.3. The van der Waals surface area contributed by atoms with Gasteiger partial charge in [-0.3, -0.25) is 0 Å². The Morgan fingerprint density at radius 1 is 0.600 bits per heavy atom. The molecule has 5 aromatic carbocycles. The maximum Gasteiger partial charge on any atom is 0.218 e. The standard InChI is InChI=1S/C43H34N2/c1-43(2)39-26-32(24-33-23-31-22-29-13-4-5-14-30(29)25-36(31)41-17-9-11-21-45(33)41)37(40-16-8-10-20-44(40)3)27-38(39)35-19-18-28-12-6-7-15-34(28)42(35)43/h4-22,24-27H,23H2,1-3H3/q+2/b33-24-. The molecular formula is C43H34N2+2. The molecule has 2 nitrogen and oxygen atoms in total. The lowest BCUT2D eigenvalue weighted by molar-refractivity contribution is -0.660. The van der Waals surface area contributed by atoms with Crippen LogP contribution < -0.4 is 9.13 Å². The molecule has 2 heteroatoms. The highest BCUT2D eigenvalue weighted by Crippen LogP contribution is 2.53. The van der Waals surface area contributed by atoms with Crippen LogP contribution in [0.25, 0.3) is 67.0 Å². The zero-order valence-corrected chi connectivity index (χ0v) is 25.9. The average Bonchev–Trinajstić information content (AvgIpc) is 3.29. The van der Waals surface area contributed by atoms with Gasteiger partial charge in [-0.05, 0) is 91.3 Å². The van der Waals surface area contributed by atoms with E-state index >= 15 is 0 Å². The maximum absolute atomic E-state index is 2.48. The van der Waals surface area contributed by atoms with Crippen LogP contribution >= 0.6 is 0 Å². The molecule has 0 saturated heterocycles. The van der Waals surface area contributed by atoms with Gasteiger partial charge in [-0.25, -0.2) is 4.57 Å². The summed E-state index contributed by atoms with van der Waals surface area (Å²) >= 11 is 0. The third-order valence-corrected chi connectivity index (χ3v) is 10.1. The number of hydrogen-bond acceptors (Lipinski definition) is 0. The first kappa shape index (κ1) is 26.1. The van der Waals surface area contributed by atoms with Crippen molar-refractivity contribution in [1.82, 2.24) is 0 Å². The quantitative estimate of drug-likeness (QED) is 0.181.